The van der Waals surface area contributed by atoms with Crippen LogP contribution in [0, 0.1) is 5.41 Å². The van der Waals surface area contributed by atoms with Crippen LogP contribution in [0.4, 0.5) is 0 Å². The highest BCUT2D eigenvalue weighted by Gasteiger charge is 2.32. The second-order valence-electron chi connectivity index (χ2n) is 6.11. The zero-order valence-electron chi connectivity index (χ0n) is 15.1. The molecule has 0 aromatic carbocycles. The maximum Gasteiger partial charge on any atom is 0.273 e. The predicted molar refractivity (Wildman–Crippen MR) is 92.5 cm³/mol. The summed E-state index contributed by atoms with van der Waals surface area (Å²) in [5.41, 5.74) is -0.566. The third-order valence-corrected chi connectivity index (χ3v) is 4.14. The Morgan fingerprint density at radius 2 is 2.00 bits per heavy atom. The van der Waals surface area contributed by atoms with Gasteiger partial charge < -0.3 is 24.1 Å². The molecule has 0 saturated heterocycles. The quantitative estimate of drug-likeness (QED) is 0.462. The van der Waals surface area contributed by atoms with E-state index in [0.29, 0.717) is 26.3 Å². The number of hydrogen-bond acceptors (Lipinski definition) is 6. The summed E-state index contributed by atoms with van der Waals surface area (Å²) in [6, 6.07) is 0. The number of halogens is 1. The van der Waals surface area contributed by atoms with Crippen LogP contribution in [0.25, 0.3) is 0 Å². The number of nitrogens with one attached hydrogen (secondary N) is 1. The number of amides is 2. The zero-order chi connectivity index (χ0) is 18.9. The number of aromatic nitrogens is 1. The summed E-state index contributed by atoms with van der Waals surface area (Å²) in [5.74, 6) is -0.0351. The van der Waals surface area contributed by atoms with Gasteiger partial charge in [0, 0.05) is 33.2 Å². The molecule has 2 amide bonds. The van der Waals surface area contributed by atoms with E-state index in [0.717, 1.165) is 0 Å². The topological polar surface area (TPSA) is 93.9 Å². The molecule has 0 aliphatic heterocycles. The minimum absolute atomic E-state index is 0.133. The number of hydrogen-bond donors (Lipinski definition) is 1. The third kappa shape index (κ3) is 6.64. The number of carbonyl (C=O) groups is 2. The minimum Gasteiger partial charge on any atom is -0.446 e. The van der Waals surface area contributed by atoms with Gasteiger partial charge in [-0.1, -0.05) is 0 Å². The van der Waals surface area contributed by atoms with Gasteiger partial charge in [0.2, 0.25) is 11.8 Å². The molecule has 1 rings (SSSR count). The Balaban J connectivity index is 2.77. The normalized spacial score (nSPS) is 11.4. The fraction of sp³-hybridized carbons (Fsp3) is 0.688. The van der Waals surface area contributed by atoms with Crippen LogP contribution in [0.15, 0.2) is 10.7 Å². The molecule has 1 aromatic heterocycles. The molecule has 1 aromatic rings. The van der Waals surface area contributed by atoms with E-state index in [2.05, 4.69) is 10.3 Å². The first-order valence-corrected chi connectivity index (χ1v) is 8.45. The van der Waals surface area contributed by atoms with Crippen molar-refractivity contribution in [2.24, 2.45) is 5.41 Å². The number of ether oxygens (including phenoxy) is 2. The summed E-state index contributed by atoms with van der Waals surface area (Å²) in [5, 5.41) is 2.65. The first-order valence-electron chi connectivity index (χ1n) is 7.91. The molecule has 0 aliphatic carbocycles. The zero-order valence-corrected chi connectivity index (χ0v) is 15.9. The average Bonchev–Trinajstić information content (AvgIpc) is 3.06. The van der Waals surface area contributed by atoms with E-state index in [4.69, 9.17) is 25.5 Å². The molecule has 0 aliphatic rings. The maximum atomic E-state index is 12.6. The van der Waals surface area contributed by atoms with Crippen molar-refractivity contribution in [2.75, 3.05) is 46.4 Å². The highest BCUT2D eigenvalue weighted by Crippen LogP contribution is 2.22. The van der Waals surface area contributed by atoms with Gasteiger partial charge in [0.15, 0.2) is 5.69 Å². The Labute approximate surface area is 152 Å². The summed E-state index contributed by atoms with van der Waals surface area (Å²) in [4.78, 5) is 30.3. The first kappa shape index (κ1) is 21.4. The van der Waals surface area contributed by atoms with Crippen molar-refractivity contribution in [1.82, 2.24) is 15.2 Å². The van der Waals surface area contributed by atoms with Gasteiger partial charge in [-0.2, -0.15) is 0 Å². The average molecular weight is 376 g/mol. The van der Waals surface area contributed by atoms with Crippen molar-refractivity contribution in [2.45, 2.75) is 20.4 Å². The Bertz CT molecular complexity index is 562. The van der Waals surface area contributed by atoms with Crippen LogP contribution >= 0.6 is 11.6 Å². The van der Waals surface area contributed by atoms with E-state index in [-0.39, 0.29) is 35.8 Å². The molecule has 0 saturated carbocycles. The molecular weight excluding hydrogens is 350 g/mol. The smallest absolute Gasteiger partial charge is 0.273 e. The summed E-state index contributed by atoms with van der Waals surface area (Å²) in [7, 11) is 3.11. The van der Waals surface area contributed by atoms with Crippen molar-refractivity contribution < 1.29 is 23.5 Å². The lowest BCUT2D eigenvalue weighted by Gasteiger charge is -2.29. The molecule has 0 atom stereocenters. The van der Waals surface area contributed by atoms with Crippen molar-refractivity contribution in [3.63, 3.8) is 0 Å². The van der Waals surface area contributed by atoms with E-state index in [1.807, 2.05) is 0 Å². The van der Waals surface area contributed by atoms with E-state index in [9.17, 15) is 9.59 Å². The van der Waals surface area contributed by atoms with Gasteiger partial charge in [-0.15, -0.1) is 11.6 Å². The molecule has 0 spiro atoms. The highest BCUT2D eigenvalue weighted by atomic mass is 35.5. The lowest BCUT2D eigenvalue weighted by Crippen LogP contribution is -2.43. The van der Waals surface area contributed by atoms with Crippen molar-refractivity contribution in [3.05, 3.63) is 17.8 Å². The van der Waals surface area contributed by atoms with Crippen LogP contribution in [0.1, 0.15) is 30.2 Å². The molecule has 0 unspecified atom stereocenters. The van der Waals surface area contributed by atoms with Crippen molar-refractivity contribution in [1.29, 1.82) is 0 Å². The molecule has 0 bridgehead atoms. The standard InChI is InChI=1S/C16H26ClN3O5/c1-16(2,11-17)15(22)20(6-8-24-4)9-13-19-12(10-25-13)14(21)18-5-7-23-3/h10H,5-9,11H2,1-4H3,(H,18,21). The van der Waals surface area contributed by atoms with E-state index in [1.165, 1.54) is 6.26 Å². The van der Waals surface area contributed by atoms with E-state index < -0.39 is 5.41 Å². The monoisotopic (exact) mass is 375 g/mol. The van der Waals surface area contributed by atoms with Gasteiger partial charge in [0.1, 0.15) is 6.26 Å². The van der Waals surface area contributed by atoms with E-state index in [1.54, 1.807) is 33.0 Å². The lowest BCUT2D eigenvalue weighted by atomic mass is 9.94. The lowest BCUT2D eigenvalue weighted by molar-refractivity contribution is -0.140. The predicted octanol–water partition coefficient (Wildman–Crippen LogP) is 1.29. The minimum atomic E-state index is -0.720. The first-order chi connectivity index (χ1) is 11.9. The van der Waals surface area contributed by atoms with Gasteiger partial charge in [-0.3, -0.25) is 9.59 Å². The van der Waals surface area contributed by atoms with Crippen LogP contribution in [-0.2, 0) is 20.8 Å². The van der Waals surface area contributed by atoms with Crippen molar-refractivity contribution >= 4 is 23.4 Å². The fourth-order valence-corrected chi connectivity index (χ4v) is 2.06. The van der Waals surface area contributed by atoms with Crippen LogP contribution in [-0.4, -0.2) is 68.1 Å². The number of carbonyl (C=O) groups excluding carboxylic acids is 2. The fourth-order valence-electron chi connectivity index (χ4n) is 1.95. The van der Waals surface area contributed by atoms with Crippen LogP contribution in [0.5, 0.6) is 0 Å². The second kappa shape index (κ2) is 10.4. The second-order valence-corrected chi connectivity index (χ2v) is 6.38. The summed E-state index contributed by atoms with van der Waals surface area (Å²) < 4.78 is 15.2. The maximum absolute atomic E-state index is 12.6. The SMILES string of the molecule is COCCNC(=O)c1coc(CN(CCOC)C(=O)C(C)(C)CCl)n1. The molecule has 1 heterocycles. The molecule has 0 radical (unpaired) electrons. The Hall–Kier alpha value is -1.64. The number of nitrogens with zero attached hydrogens (tertiary/aromatic N) is 2. The molecule has 9 heteroatoms. The van der Waals surface area contributed by atoms with Gasteiger partial charge in [-0.05, 0) is 13.8 Å². The number of alkyl halides is 1. The van der Waals surface area contributed by atoms with Gasteiger partial charge >= 0.3 is 0 Å². The molecule has 142 valence electrons. The van der Waals surface area contributed by atoms with Crippen LogP contribution in [0.2, 0.25) is 0 Å². The Morgan fingerprint density at radius 1 is 1.32 bits per heavy atom. The molecule has 0 fully saturated rings. The van der Waals surface area contributed by atoms with Gasteiger partial charge in [-0.25, -0.2) is 4.98 Å². The highest BCUT2D eigenvalue weighted by molar-refractivity contribution is 6.19. The van der Waals surface area contributed by atoms with Gasteiger partial charge in [0.25, 0.3) is 5.91 Å². The molecule has 8 nitrogen and oxygen atoms in total. The summed E-state index contributed by atoms with van der Waals surface area (Å²) in [6.45, 7) is 5.19. The molecule has 1 N–H and O–H groups in total. The molecular formula is C16H26ClN3O5. The third-order valence-electron chi connectivity index (χ3n) is 3.47. The van der Waals surface area contributed by atoms with Gasteiger partial charge in [0.05, 0.1) is 25.2 Å². The Kier molecular flexibility index (Phi) is 8.88. The van der Waals surface area contributed by atoms with E-state index >= 15 is 0 Å². The largest absolute Gasteiger partial charge is 0.446 e. The number of rotatable bonds is 11. The molecule has 25 heavy (non-hydrogen) atoms. The Morgan fingerprint density at radius 3 is 2.60 bits per heavy atom. The van der Waals surface area contributed by atoms with Crippen LogP contribution in [0.3, 0.4) is 0 Å². The number of methoxy groups -OCH3 is 2. The van der Waals surface area contributed by atoms with Crippen LogP contribution < -0.4 is 5.32 Å². The number of oxazole rings is 1. The summed E-state index contributed by atoms with van der Waals surface area (Å²) >= 11 is 5.89. The summed E-state index contributed by atoms with van der Waals surface area (Å²) in [6.07, 6.45) is 1.27. The van der Waals surface area contributed by atoms with Crippen molar-refractivity contribution in [3.8, 4) is 0 Å².